The number of unbranched alkanes of at least 4 members (excludes halogenated alkanes) is 1. The number of hydrogen-bond donors (Lipinski definition) is 0. The summed E-state index contributed by atoms with van der Waals surface area (Å²) in [4.78, 5) is 4.58. The van der Waals surface area contributed by atoms with E-state index in [1.165, 1.54) is 0 Å². The zero-order valence-electron chi connectivity index (χ0n) is 13.7. The van der Waals surface area contributed by atoms with Gasteiger partial charge in [0.2, 0.25) is 0 Å². The van der Waals surface area contributed by atoms with Crippen molar-refractivity contribution in [3.05, 3.63) is 64.8 Å². The van der Waals surface area contributed by atoms with Crippen molar-refractivity contribution in [2.45, 2.75) is 19.8 Å². The van der Waals surface area contributed by atoms with Crippen molar-refractivity contribution in [3.8, 4) is 11.5 Å². The quantitative estimate of drug-likeness (QED) is 0.500. The molecule has 0 amide bonds. The predicted octanol–water partition coefficient (Wildman–Crippen LogP) is 5.54. The molecule has 0 unspecified atom stereocenters. The molecule has 24 heavy (non-hydrogen) atoms. The summed E-state index contributed by atoms with van der Waals surface area (Å²) in [5.41, 5.74) is 1.93. The number of benzene rings is 2. The van der Waals surface area contributed by atoms with E-state index in [1.807, 2.05) is 49.4 Å². The van der Waals surface area contributed by atoms with Crippen LogP contribution in [-0.4, -0.2) is 18.2 Å². The van der Waals surface area contributed by atoms with Crippen molar-refractivity contribution in [1.82, 2.24) is 4.98 Å². The SMILES string of the molecule is Cc1ccc2cccc(OCCCCOc3cccc(Br)c3)c2n1. The second kappa shape index (κ2) is 8.15. The zero-order valence-corrected chi connectivity index (χ0v) is 15.3. The fourth-order valence-electron chi connectivity index (χ4n) is 2.47. The first kappa shape index (κ1) is 16.8. The average molecular weight is 386 g/mol. The van der Waals surface area contributed by atoms with Gasteiger partial charge in [0.05, 0.1) is 13.2 Å². The van der Waals surface area contributed by atoms with E-state index in [1.54, 1.807) is 0 Å². The maximum atomic E-state index is 5.92. The maximum Gasteiger partial charge on any atom is 0.145 e. The summed E-state index contributed by atoms with van der Waals surface area (Å²) in [6, 6.07) is 18.0. The molecule has 0 saturated heterocycles. The van der Waals surface area contributed by atoms with Crippen LogP contribution in [0.3, 0.4) is 0 Å². The van der Waals surface area contributed by atoms with Crippen LogP contribution in [0, 0.1) is 6.92 Å². The molecule has 1 aromatic heterocycles. The summed E-state index contributed by atoms with van der Waals surface area (Å²) in [6.07, 6.45) is 1.89. The van der Waals surface area contributed by atoms with Crippen molar-refractivity contribution in [2.75, 3.05) is 13.2 Å². The molecule has 124 valence electrons. The van der Waals surface area contributed by atoms with E-state index in [-0.39, 0.29) is 0 Å². The summed E-state index contributed by atoms with van der Waals surface area (Å²) >= 11 is 3.44. The summed E-state index contributed by atoms with van der Waals surface area (Å²) < 4.78 is 12.7. The minimum atomic E-state index is 0.663. The van der Waals surface area contributed by atoms with Crippen molar-refractivity contribution >= 4 is 26.8 Å². The number of aromatic nitrogens is 1. The topological polar surface area (TPSA) is 31.4 Å². The standard InChI is InChI=1S/C20H20BrNO2/c1-15-10-11-16-6-4-9-19(20(16)22-15)24-13-3-2-12-23-18-8-5-7-17(21)14-18/h4-11,14H,2-3,12-13H2,1H3. The van der Waals surface area contributed by atoms with E-state index in [0.29, 0.717) is 13.2 Å². The summed E-state index contributed by atoms with van der Waals surface area (Å²) in [5.74, 6) is 1.74. The lowest BCUT2D eigenvalue weighted by Crippen LogP contribution is -2.03. The molecule has 0 aliphatic carbocycles. The van der Waals surface area contributed by atoms with E-state index >= 15 is 0 Å². The highest BCUT2D eigenvalue weighted by Gasteiger charge is 2.04. The van der Waals surface area contributed by atoms with Gasteiger partial charge in [-0.15, -0.1) is 0 Å². The number of ether oxygens (including phenoxy) is 2. The van der Waals surface area contributed by atoms with Gasteiger partial charge in [0.1, 0.15) is 17.0 Å². The Kier molecular flexibility index (Phi) is 5.70. The van der Waals surface area contributed by atoms with Gasteiger partial charge in [0.15, 0.2) is 0 Å². The number of nitrogens with zero attached hydrogens (tertiary/aromatic N) is 1. The number of fused-ring (bicyclic) bond motifs is 1. The van der Waals surface area contributed by atoms with Gasteiger partial charge in [-0.1, -0.05) is 40.2 Å². The molecule has 3 rings (SSSR count). The summed E-state index contributed by atoms with van der Waals surface area (Å²) in [6.45, 7) is 3.35. The zero-order chi connectivity index (χ0) is 16.8. The van der Waals surface area contributed by atoms with Gasteiger partial charge in [-0.2, -0.15) is 0 Å². The van der Waals surface area contributed by atoms with Crippen LogP contribution in [0.25, 0.3) is 10.9 Å². The third-order valence-electron chi connectivity index (χ3n) is 3.68. The van der Waals surface area contributed by atoms with E-state index in [0.717, 1.165) is 45.4 Å². The molecule has 0 fully saturated rings. The number of halogens is 1. The Labute approximate surface area is 150 Å². The van der Waals surface area contributed by atoms with Gasteiger partial charge in [-0.25, -0.2) is 4.98 Å². The number of aryl methyl sites for hydroxylation is 1. The highest BCUT2D eigenvalue weighted by atomic mass is 79.9. The Hall–Kier alpha value is -2.07. The van der Waals surface area contributed by atoms with Crippen molar-refractivity contribution < 1.29 is 9.47 Å². The summed E-state index contributed by atoms with van der Waals surface area (Å²) in [7, 11) is 0. The van der Waals surface area contributed by atoms with Crippen LogP contribution in [0.2, 0.25) is 0 Å². The average Bonchev–Trinajstić information content (AvgIpc) is 2.58. The molecule has 0 bridgehead atoms. The van der Waals surface area contributed by atoms with E-state index in [9.17, 15) is 0 Å². The monoisotopic (exact) mass is 385 g/mol. The number of pyridine rings is 1. The Bertz CT molecular complexity index is 820. The van der Waals surface area contributed by atoms with Gasteiger partial charge in [0.25, 0.3) is 0 Å². The van der Waals surface area contributed by atoms with Crippen molar-refractivity contribution in [1.29, 1.82) is 0 Å². The van der Waals surface area contributed by atoms with Crippen LogP contribution in [0.15, 0.2) is 59.1 Å². The molecule has 3 nitrogen and oxygen atoms in total. The molecule has 0 spiro atoms. The molecular weight excluding hydrogens is 366 g/mol. The molecule has 0 aliphatic heterocycles. The van der Waals surface area contributed by atoms with Crippen LogP contribution < -0.4 is 9.47 Å². The van der Waals surface area contributed by atoms with Gasteiger partial charge in [-0.3, -0.25) is 0 Å². The van der Waals surface area contributed by atoms with Gasteiger partial charge < -0.3 is 9.47 Å². The van der Waals surface area contributed by atoms with E-state index in [2.05, 4.69) is 33.0 Å². The largest absolute Gasteiger partial charge is 0.494 e. The molecule has 0 radical (unpaired) electrons. The number of para-hydroxylation sites is 1. The number of hydrogen-bond acceptors (Lipinski definition) is 3. The molecule has 0 saturated carbocycles. The predicted molar refractivity (Wildman–Crippen MR) is 101 cm³/mol. The van der Waals surface area contributed by atoms with E-state index < -0.39 is 0 Å². The molecule has 1 heterocycles. The summed E-state index contributed by atoms with van der Waals surface area (Å²) in [5, 5.41) is 1.11. The molecule has 2 aromatic carbocycles. The van der Waals surface area contributed by atoms with Crippen LogP contribution >= 0.6 is 15.9 Å². The second-order valence-corrected chi connectivity index (χ2v) is 6.56. The molecular formula is C20H20BrNO2. The van der Waals surface area contributed by atoms with Crippen molar-refractivity contribution in [3.63, 3.8) is 0 Å². The van der Waals surface area contributed by atoms with Crippen LogP contribution in [-0.2, 0) is 0 Å². The highest BCUT2D eigenvalue weighted by molar-refractivity contribution is 9.10. The lowest BCUT2D eigenvalue weighted by atomic mass is 10.2. The van der Waals surface area contributed by atoms with Gasteiger partial charge in [0, 0.05) is 15.6 Å². The van der Waals surface area contributed by atoms with Crippen LogP contribution in [0.1, 0.15) is 18.5 Å². The molecule has 0 atom stereocenters. The maximum absolute atomic E-state index is 5.92. The van der Waals surface area contributed by atoms with Crippen molar-refractivity contribution in [2.24, 2.45) is 0 Å². The Morgan fingerprint density at radius 1 is 0.917 bits per heavy atom. The third-order valence-corrected chi connectivity index (χ3v) is 4.18. The van der Waals surface area contributed by atoms with Gasteiger partial charge >= 0.3 is 0 Å². The Morgan fingerprint density at radius 3 is 2.54 bits per heavy atom. The smallest absolute Gasteiger partial charge is 0.145 e. The highest BCUT2D eigenvalue weighted by Crippen LogP contribution is 2.24. The number of rotatable bonds is 7. The molecule has 0 aliphatic rings. The second-order valence-electron chi connectivity index (χ2n) is 5.64. The Balaban J connectivity index is 1.46. The van der Waals surface area contributed by atoms with Crippen LogP contribution in [0.4, 0.5) is 0 Å². The van der Waals surface area contributed by atoms with Gasteiger partial charge in [-0.05, 0) is 50.1 Å². The normalized spacial score (nSPS) is 10.8. The first-order valence-corrected chi connectivity index (χ1v) is 8.89. The lowest BCUT2D eigenvalue weighted by molar-refractivity contribution is 0.267. The third kappa shape index (κ3) is 4.48. The molecule has 0 N–H and O–H groups in total. The fraction of sp³-hybridized carbons (Fsp3) is 0.250. The van der Waals surface area contributed by atoms with Crippen LogP contribution in [0.5, 0.6) is 11.5 Å². The minimum Gasteiger partial charge on any atom is -0.494 e. The minimum absolute atomic E-state index is 0.663. The van der Waals surface area contributed by atoms with E-state index in [4.69, 9.17) is 9.47 Å². The lowest BCUT2D eigenvalue weighted by Gasteiger charge is -2.10. The fourth-order valence-corrected chi connectivity index (χ4v) is 2.85. The molecule has 4 heteroatoms. The molecule has 3 aromatic rings. The first-order chi connectivity index (χ1) is 11.7. The first-order valence-electron chi connectivity index (χ1n) is 8.10. The Morgan fingerprint density at radius 2 is 1.71 bits per heavy atom.